The van der Waals surface area contributed by atoms with Crippen LogP contribution < -0.4 is 10.2 Å². The molecule has 4 nitrogen and oxygen atoms in total. The summed E-state index contributed by atoms with van der Waals surface area (Å²) in [5, 5.41) is 0. The van der Waals surface area contributed by atoms with Crippen molar-refractivity contribution in [3.05, 3.63) is 0 Å². The van der Waals surface area contributed by atoms with E-state index in [9.17, 15) is 0 Å². The number of hydrogen-bond acceptors (Lipinski definition) is 4. The van der Waals surface area contributed by atoms with Crippen LogP contribution in [0.2, 0.25) is 0 Å². The van der Waals surface area contributed by atoms with Crippen molar-refractivity contribution in [3.8, 4) is 0 Å². The van der Waals surface area contributed by atoms with E-state index >= 15 is 0 Å². The van der Waals surface area contributed by atoms with Crippen molar-refractivity contribution in [3.63, 3.8) is 0 Å². The summed E-state index contributed by atoms with van der Waals surface area (Å²) in [5.41, 5.74) is 0. The van der Waals surface area contributed by atoms with E-state index in [1.165, 1.54) is 0 Å². The second kappa shape index (κ2) is 3.08. The number of hydrogen-bond donors (Lipinski definition) is 0. The molecule has 0 aliphatic heterocycles. The van der Waals surface area contributed by atoms with Crippen LogP contribution in [0.4, 0.5) is 0 Å². The molecular weight excluding hydrogens is 242 g/mol. The molecular formula is FeO4Sb. The van der Waals surface area contributed by atoms with Crippen molar-refractivity contribution in [1.29, 1.82) is 0 Å². The summed E-state index contributed by atoms with van der Waals surface area (Å²) in [7, 11) is 0. The van der Waals surface area contributed by atoms with E-state index in [1.54, 1.807) is 0 Å². The first kappa shape index (κ1) is 10.1. The molecule has 1 radical (unpaired) electrons. The van der Waals surface area contributed by atoms with Crippen LogP contribution in [0.25, 0.3) is 0 Å². The van der Waals surface area contributed by atoms with Crippen molar-refractivity contribution in [2.45, 2.75) is 0 Å². The molecule has 37 valence electrons. The Morgan fingerprint density at radius 3 is 1.17 bits per heavy atom. The van der Waals surface area contributed by atoms with Gasteiger partial charge >= 0.3 is 50.3 Å². The summed E-state index contributed by atoms with van der Waals surface area (Å²) in [6, 6.07) is 0. The monoisotopic (exact) mass is 241 g/mol. The summed E-state index contributed by atoms with van der Waals surface area (Å²) >= 11 is -6.10. The Kier molecular flexibility index (Phi) is 5.18. The van der Waals surface area contributed by atoms with Gasteiger partial charge < -0.3 is 0 Å². The van der Waals surface area contributed by atoms with Crippen LogP contribution in [0, 0.1) is 0 Å². The van der Waals surface area contributed by atoms with Crippen LogP contribution in [0.15, 0.2) is 0 Å². The Bertz CT molecular complexity index is 53.7. The average Bonchev–Trinajstić information content (AvgIpc) is 0.722. The Morgan fingerprint density at radius 1 is 1.17 bits per heavy atom. The molecule has 0 heterocycles. The SMILES string of the molecule is [Fe+3].[O]=[Sb]([O-])([O-])[O-]. The maximum atomic E-state index is 8.64. The summed E-state index contributed by atoms with van der Waals surface area (Å²) < 4.78 is 34.6. The van der Waals surface area contributed by atoms with Gasteiger partial charge in [0.1, 0.15) is 0 Å². The summed E-state index contributed by atoms with van der Waals surface area (Å²) in [5.74, 6) is 0. The first-order chi connectivity index (χ1) is 2.00. The van der Waals surface area contributed by atoms with Gasteiger partial charge in [0.25, 0.3) is 0 Å². The molecule has 0 aliphatic rings. The van der Waals surface area contributed by atoms with Crippen LogP contribution in [0.5, 0.6) is 0 Å². The van der Waals surface area contributed by atoms with E-state index in [-0.39, 0.29) is 17.1 Å². The van der Waals surface area contributed by atoms with Gasteiger partial charge in [-0.1, -0.05) is 0 Å². The van der Waals surface area contributed by atoms with Gasteiger partial charge in [-0.25, -0.2) is 0 Å². The second-order valence-electron chi connectivity index (χ2n) is 0.447. The molecule has 0 bridgehead atoms. The van der Waals surface area contributed by atoms with Crippen LogP contribution in [0.3, 0.4) is 0 Å². The third-order valence-electron chi connectivity index (χ3n) is 0. The van der Waals surface area contributed by atoms with Crippen LogP contribution in [-0.2, 0) is 20.1 Å². The minimum atomic E-state index is -6.10. The molecule has 0 atom stereocenters. The third-order valence-corrected chi connectivity index (χ3v) is 0. The van der Waals surface area contributed by atoms with Crippen molar-refractivity contribution in [2.75, 3.05) is 0 Å². The van der Waals surface area contributed by atoms with E-state index < -0.39 is 20.1 Å². The Hall–Kier alpha value is 1.02. The molecule has 6 heteroatoms. The predicted molar refractivity (Wildman–Crippen MR) is 6.44 cm³/mol. The summed E-state index contributed by atoms with van der Waals surface area (Å²) in [6.07, 6.45) is 0. The fourth-order valence-electron chi connectivity index (χ4n) is 0. The van der Waals surface area contributed by atoms with Crippen molar-refractivity contribution < 1.29 is 30.2 Å². The van der Waals surface area contributed by atoms with Crippen molar-refractivity contribution in [1.82, 2.24) is 0 Å². The van der Waals surface area contributed by atoms with Gasteiger partial charge in [0.2, 0.25) is 0 Å². The number of rotatable bonds is 0. The predicted octanol–water partition coefficient (Wildman–Crippen LogP) is -4.07. The third kappa shape index (κ3) is 78.2. The van der Waals surface area contributed by atoms with E-state index in [0.29, 0.717) is 0 Å². The van der Waals surface area contributed by atoms with Gasteiger partial charge in [-0.2, -0.15) is 0 Å². The fraction of sp³-hybridized carbons (Fsp3) is 0. The van der Waals surface area contributed by atoms with Crippen LogP contribution >= 0.6 is 0 Å². The molecule has 0 fully saturated rings. The molecule has 0 saturated heterocycles. The first-order valence-electron chi connectivity index (χ1n) is 0.730. The zero-order valence-electron chi connectivity index (χ0n) is 2.43. The average molecular weight is 242 g/mol. The maximum absolute atomic E-state index is 8.64. The van der Waals surface area contributed by atoms with Crippen molar-refractivity contribution in [2.24, 2.45) is 0 Å². The van der Waals surface area contributed by atoms with E-state index in [2.05, 4.69) is 0 Å². The van der Waals surface area contributed by atoms with Crippen LogP contribution in [-0.4, -0.2) is 20.1 Å². The van der Waals surface area contributed by atoms with E-state index in [0.717, 1.165) is 0 Å². The van der Waals surface area contributed by atoms with E-state index in [1.807, 2.05) is 0 Å². The molecule has 0 aliphatic carbocycles. The van der Waals surface area contributed by atoms with E-state index in [4.69, 9.17) is 13.2 Å². The molecule has 0 aromatic rings. The fourth-order valence-corrected chi connectivity index (χ4v) is 0. The zero-order chi connectivity index (χ0) is 4.50. The first-order valence-corrected chi connectivity index (χ1v) is 4.90. The standard InChI is InChI=1S/Fe.4O.Sb/q+3;;3*-1;. The second-order valence-corrected chi connectivity index (χ2v) is 3.00. The Labute approximate surface area is 50.4 Å². The zero-order valence-corrected chi connectivity index (χ0v) is 6.09. The molecule has 6 heavy (non-hydrogen) atoms. The summed E-state index contributed by atoms with van der Waals surface area (Å²) in [6.45, 7) is 0. The molecule has 0 rings (SSSR count). The van der Waals surface area contributed by atoms with Gasteiger partial charge in [0, 0.05) is 0 Å². The topological polar surface area (TPSA) is 86.2 Å². The van der Waals surface area contributed by atoms with Gasteiger partial charge in [-0.3, -0.25) is 0 Å². The summed E-state index contributed by atoms with van der Waals surface area (Å²) in [4.78, 5) is 0. The van der Waals surface area contributed by atoms with Gasteiger partial charge in [-0.05, 0) is 0 Å². The Balaban J connectivity index is 0. The Morgan fingerprint density at radius 2 is 1.17 bits per heavy atom. The van der Waals surface area contributed by atoms with Crippen LogP contribution in [0.1, 0.15) is 0 Å². The molecule has 0 spiro atoms. The van der Waals surface area contributed by atoms with Gasteiger partial charge in [-0.15, -0.1) is 0 Å². The molecule has 0 unspecified atom stereocenters. The normalized spacial score (nSPS) is 9.83. The molecule has 0 aromatic heterocycles. The van der Waals surface area contributed by atoms with Gasteiger partial charge in [0.05, 0.1) is 0 Å². The molecule has 0 saturated carbocycles. The molecule has 0 amide bonds. The molecule has 0 N–H and O–H groups in total. The van der Waals surface area contributed by atoms with Crippen molar-refractivity contribution >= 4 is 20.1 Å². The minimum absolute atomic E-state index is 0. The van der Waals surface area contributed by atoms with Gasteiger partial charge in [0.15, 0.2) is 0 Å². The molecule has 0 aromatic carbocycles. The quantitative estimate of drug-likeness (QED) is 0.404.